The fraction of sp³-hybridized carbons (Fsp3) is 0.286. The van der Waals surface area contributed by atoms with E-state index < -0.39 is 0 Å². The third-order valence-electron chi connectivity index (χ3n) is 2.84. The first-order valence-corrected chi connectivity index (χ1v) is 6.57. The number of rotatable bonds is 3. The molecular formula is C14H18N2S. The average Bonchev–Trinajstić information content (AvgIpc) is 2.61. The van der Waals surface area contributed by atoms with E-state index in [1.807, 2.05) is 35.6 Å². The summed E-state index contributed by atoms with van der Waals surface area (Å²) in [7, 11) is 0. The summed E-state index contributed by atoms with van der Waals surface area (Å²) < 4.78 is 0. The summed E-state index contributed by atoms with van der Waals surface area (Å²) in [5.41, 5.74) is 8.95. The fourth-order valence-corrected chi connectivity index (χ4v) is 3.01. The van der Waals surface area contributed by atoms with Gasteiger partial charge < -0.3 is 11.1 Å². The van der Waals surface area contributed by atoms with Crippen molar-refractivity contribution in [3.63, 3.8) is 0 Å². The van der Waals surface area contributed by atoms with Crippen molar-refractivity contribution >= 4 is 22.7 Å². The molecule has 17 heavy (non-hydrogen) atoms. The zero-order valence-electron chi connectivity index (χ0n) is 10.4. The highest BCUT2D eigenvalue weighted by molar-refractivity contribution is 7.12. The summed E-state index contributed by atoms with van der Waals surface area (Å²) in [4.78, 5) is 2.75. The molecule has 0 fully saturated rings. The second-order valence-corrected chi connectivity index (χ2v) is 5.82. The number of benzene rings is 1. The lowest BCUT2D eigenvalue weighted by molar-refractivity contribution is 0.882. The smallest absolute Gasteiger partial charge is 0.0496 e. The molecule has 1 atom stereocenters. The molecule has 90 valence electrons. The Morgan fingerprint density at radius 3 is 2.35 bits per heavy atom. The molecule has 2 nitrogen and oxygen atoms in total. The second-order valence-electron chi connectivity index (χ2n) is 4.36. The Morgan fingerprint density at radius 1 is 1.18 bits per heavy atom. The van der Waals surface area contributed by atoms with Gasteiger partial charge >= 0.3 is 0 Å². The molecule has 3 heteroatoms. The van der Waals surface area contributed by atoms with Gasteiger partial charge in [-0.1, -0.05) is 0 Å². The Labute approximate surface area is 106 Å². The van der Waals surface area contributed by atoms with Crippen molar-refractivity contribution in [2.75, 3.05) is 11.1 Å². The van der Waals surface area contributed by atoms with Crippen LogP contribution in [-0.2, 0) is 0 Å². The monoisotopic (exact) mass is 246 g/mol. The van der Waals surface area contributed by atoms with Crippen LogP contribution in [0, 0.1) is 13.8 Å². The van der Waals surface area contributed by atoms with Crippen LogP contribution < -0.4 is 11.1 Å². The number of nitrogens with two attached hydrogens (primary N) is 1. The Balaban J connectivity index is 2.14. The molecule has 0 saturated carbocycles. The van der Waals surface area contributed by atoms with E-state index in [0.717, 1.165) is 11.4 Å². The molecule has 1 unspecified atom stereocenters. The summed E-state index contributed by atoms with van der Waals surface area (Å²) >= 11 is 1.85. The van der Waals surface area contributed by atoms with Crippen LogP contribution in [-0.4, -0.2) is 0 Å². The maximum Gasteiger partial charge on any atom is 0.0496 e. The van der Waals surface area contributed by atoms with Gasteiger partial charge in [0.15, 0.2) is 0 Å². The standard InChI is InChI=1S/C14H18N2S/c1-9-8-14(11(3)17-9)10(2)16-13-6-4-12(15)5-7-13/h4-8,10,16H,15H2,1-3H3. The van der Waals surface area contributed by atoms with E-state index in [1.165, 1.54) is 15.3 Å². The minimum Gasteiger partial charge on any atom is -0.399 e. The van der Waals surface area contributed by atoms with Crippen LogP contribution in [0.2, 0.25) is 0 Å². The topological polar surface area (TPSA) is 38.0 Å². The number of anilines is 2. The zero-order chi connectivity index (χ0) is 12.4. The zero-order valence-corrected chi connectivity index (χ0v) is 11.3. The lowest BCUT2D eigenvalue weighted by Gasteiger charge is -2.15. The minimum absolute atomic E-state index is 0.323. The highest BCUT2D eigenvalue weighted by Gasteiger charge is 2.10. The molecule has 2 rings (SSSR count). The van der Waals surface area contributed by atoms with Crippen molar-refractivity contribution < 1.29 is 0 Å². The molecular weight excluding hydrogens is 228 g/mol. The summed E-state index contributed by atoms with van der Waals surface area (Å²) in [6, 6.07) is 10.4. The van der Waals surface area contributed by atoms with Crippen LogP contribution in [0.1, 0.15) is 28.3 Å². The first kappa shape index (κ1) is 12.0. The van der Waals surface area contributed by atoms with Gasteiger partial charge in [0.1, 0.15) is 0 Å². The van der Waals surface area contributed by atoms with Crippen molar-refractivity contribution in [1.82, 2.24) is 0 Å². The fourth-order valence-electron chi connectivity index (χ4n) is 1.99. The number of nitrogens with one attached hydrogen (secondary N) is 1. The largest absolute Gasteiger partial charge is 0.399 e. The number of hydrogen-bond donors (Lipinski definition) is 2. The molecule has 0 saturated heterocycles. The number of hydrogen-bond acceptors (Lipinski definition) is 3. The van der Waals surface area contributed by atoms with Crippen molar-refractivity contribution in [3.8, 4) is 0 Å². The third kappa shape index (κ3) is 2.80. The van der Waals surface area contributed by atoms with Gasteiger partial charge in [-0.3, -0.25) is 0 Å². The lowest BCUT2D eigenvalue weighted by Crippen LogP contribution is -2.06. The molecule has 0 aliphatic carbocycles. The first-order valence-electron chi connectivity index (χ1n) is 5.75. The van der Waals surface area contributed by atoms with Crippen LogP contribution in [0.4, 0.5) is 11.4 Å². The van der Waals surface area contributed by atoms with Gasteiger partial charge in [-0.2, -0.15) is 0 Å². The van der Waals surface area contributed by atoms with Crippen LogP contribution in [0.25, 0.3) is 0 Å². The number of thiophene rings is 1. The van der Waals surface area contributed by atoms with Gasteiger partial charge in [0, 0.05) is 27.2 Å². The van der Waals surface area contributed by atoms with Gasteiger partial charge in [0.2, 0.25) is 0 Å². The molecule has 0 aliphatic rings. The Bertz CT molecular complexity index is 499. The highest BCUT2D eigenvalue weighted by Crippen LogP contribution is 2.28. The Morgan fingerprint density at radius 2 is 1.82 bits per heavy atom. The van der Waals surface area contributed by atoms with Crippen molar-refractivity contribution in [2.45, 2.75) is 26.8 Å². The molecule has 0 amide bonds. The molecule has 0 aliphatic heterocycles. The van der Waals surface area contributed by atoms with Gasteiger partial charge in [-0.05, 0) is 56.7 Å². The molecule has 0 radical (unpaired) electrons. The van der Waals surface area contributed by atoms with E-state index in [0.29, 0.717) is 6.04 Å². The van der Waals surface area contributed by atoms with Crippen molar-refractivity contribution in [1.29, 1.82) is 0 Å². The van der Waals surface area contributed by atoms with Crippen LogP contribution >= 0.6 is 11.3 Å². The van der Waals surface area contributed by atoms with E-state index in [4.69, 9.17) is 5.73 Å². The first-order chi connectivity index (χ1) is 8.06. The predicted molar refractivity (Wildman–Crippen MR) is 76.7 cm³/mol. The Kier molecular flexibility index (Phi) is 3.38. The molecule has 1 aromatic carbocycles. The van der Waals surface area contributed by atoms with Crippen LogP contribution in [0.15, 0.2) is 30.3 Å². The van der Waals surface area contributed by atoms with E-state index in [2.05, 4.69) is 32.2 Å². The van der Waals surface area contributed by atoms with Crippen LogP contribution in [0.3, 0.4) is 0 Å². The molecule has 1 aromatic heterocycles. The summed E-state index contributed by atoms with van der Waals surface area (Å²) in [6.45, 7) is 6.51. The maximum absolute atomic E-state index is 5.67. The number of aryl methyl sites for hydroxylation is 2. The molecule has 0 spiro atoms. The lowest BCUT2D eigenvalue weighted by atomic mass is 10.1. The third-order valence-corrected chi connectivity index (χ3v) is 3.82. The maximum atomic E-state index is 5.67. The Hall–Kier alpha value is -1.48. The van der Waals surface area contributed by atoms with Crippen molar-refractivity contribution in [3.05, 3.63) is 45.6 Å². The summed E-state index contributed by atoms with van der Waals surface area (Å²) in [5.74, 6) is 0. The van der Waals surface area contributed by atoms with E-state index in [9.17, 15) is 0 Å². The molecule has 3 N–H and O–H groups in total. The average molecular weight is 246 g/mol. The van der Waals surface area contributed by atoms with E-state index in [-0.39, 0.29) is 0 Å². The predicted octanol–water partition coefficient (Wildman–Crippen LogP) is 4.12. The normalized spacial score (nSPS) is 12.4. The number of nitrogen functional groups attached to an aromatic ring is 1. The molecule has 2 aromatic rings. The quantitative estimate of drug-likeness (QED) is 0.799. The van der Waals surface area contributed by atoms with Gasteiger partial charge in [-0.25, -0.2) is 0 Å². The summed E-state index contributed by atoms with van der Waals surface area (Å²) in [5, 5.41) is 3.49. The van der Waals surface area contributed by atoms with Gasteiger partial charge in [-0.15, -0.1) is 11.3 Å². The minimum atomic E-state index is 0.323. The SMILES string of the molecule is Cc1cc(C(C)Nc2ccc(N)cc2)c(C)s1. The second kappa shape index (κ2) is 4.80. The van der Waals surface area contributed by atoms with E-state index >= 15 is 0 Å². The van der Waals surface area contributed by atoms with E-state index in [1.54, 1.807) is 0 Å². The van der Waals surface area contributed by atoms with Gasteiger partial charge in [0.05, 0.1) is 0 Å². The van der Waals surface area contributed by atoms with Crippen LogP contribution in [0.5, 0.6) is 0 Å². The highest BCUT2D eigenvalue weighted by atomic mass is 32.1. The van der Waals surface area contributed by atoms with Gasteiger partial charge in [0.25, 0.3) is 0 Å². The summed E-state index contributed by atoms with van der Waals surface area (Å²) in [6.07, 6.45) is 0. The molecule has 1 heterocycles. The van der Waals surface area contributed by atoms with Crippen molar-refractivity contribution in [2.24, 2.45) is 0 Å². The molecule has 0 bridgehead atoms.